The lowest BCUT2D eigenvalue weighted by Crippen LogP contribution is -2.64. The summed E-state index contributed by atoms with van der Waals surface area (Å²) < 4.78 is 33.1. The monoisotopic (exact) mass is 698 g/mol. The fraction of sp³-hybridized carbons (Fsp3) is 0.939. The molecule has 0 aromatic carbocycles. The quantitative estimate of drug-likeness (QED) is 0.0375. The average Bonchev–Trinajstić information content (AvgIpc) is 3.04. The highest BCUT2D eigenvalue weighted by Crippen LogP contribution is 2.47. The van der Waals surface area contributed by atoms with E-state index in [2.05, 4.69) is 13.8 Å². The maximum atomic E-state index is 12.7. The number of aliphatic hydroxyl groups excluding tert-OH is 5. The lowest BCUT2D eigenvalue weighted by atomic mass is 9.85. The summed E-state index contributed by atoms with van der Waals surface area (Å²) in [6.07, 6.45) is 6.43. The summed E-state index contributed by atoms with van der Waals surface area (Å²) in [5, 5.41) is 49.7. The molecule has 0 aliphatic heterocycles. The fourth-order valence-electron chi connectivity index (χ4n) is 5.46. The molecule has 47 heavy (non-hydrogen) atoms. The van der Waals surface area contributed by atoms with Crippen molar-refractivity contribution < 1.29 is 63.1 Å². The second-order valence-electron chi connectivity index (χ2n) is 12.7. The third-order valence-corrected chi connectivity index (χ3v) is 9.43. The predicted molar refractivity (Wildman–Crippen MR) is 175 cm³/mol. The smallest absolute Gasteiger partial charge is 0.462 e. The van der Waals surface area contributed by atoms with Gasteiger partial charge < -0.3 is 39.9 Å². The molecule has 14 heteroatoms. The van der Waals surface area contributed by atoms with Crippen molar-refractivity contribution >= 4 is 19.8 Å². The molecule has 1 aliphatic rings. The second kappa shape index (κ2) is 25.8. The van der Waals surface area contributed by atoms with E-state index in [0.717, 1.165) is 44.9 Å². The van der Waals surface area contributed by atoms with Gasteiger partial charge >= 0.3 is 19.8 Å². The maximum absolute atomic E-state index is 12.7. The molecule has 0 aromatic heterocycles. The summed E-state index contributed by atoms with van der Waals surface area (Å²) in [6, 6.07) is 0. The minimum atomic E-state index is -5.09. The number of phosphoric acid groups is 1. The van der Waals surface area contributed by atoms with Gasteiger partial charge in [-0.2, -0.15) is 0 Å². The highest BCUT2D eigenvalue weighted by Gasteiger charge is 2.51. The summed E-state index contributed by atoms with van der Waals surface area (Å²) in [7, 11) is -5.09. The van der Waals surface area contributed by atoms with Crippen LogP contribution in [-0.4, -0.2) is 98.3 Å². The Balaban J connectivity index is 2.59. The van der Waals surface area contributed by atoms with E-state index in [0.29, 0.717) is 12.8 Å². The summed E-state index contributed by atoms with van der Waals surface area (Å²) in [6.45, 7) is 3.19. The van der Waals surface area contributed by atoms with Gasteiger partial charge in [0.15, 0.2) is 6.10 Å². The first kappa shape index (κ1) is 43.9. The molecule has 13 nitrogen and oxygen atoms in total. The standard InChI is InChI=1S/C33H63O13P/c1-3-5-7-9-11-13-15-17-19-21-26(34)43-23-25(45-27(35)22-20-18-16-14-12-10-8-6-4-2)24-44-47(41,42)46-33-31(39)29(37)28(36)30(38)32(33)40/h25,28-33,36-40H,3-24H2,1-2H3,(H,41,42)/t25?,28?,29-,30+,31-,32-,33?/m1/s1. The van der Waals surface area contributed by atoms with Gasteiger partial charge in [-0.1, -0.05) is 117 Å². The molecule has 0 saturated heterocycles. The van der Waals surface area contributed by atoms with Crippen molar-refractivity contribution in [2.45, 2.75) is 185 Å². The fourth-order valence-corrected chi connectivity index (χ4v) is 6.43. The van der Waals surface area contributed by atoms with Crippen LogP contribution in [0.15, 0.2) is 0 Å². The van der Waals surface area contributed by atoms with E-state index in [9.17, 15) is 44.6 Å². The Morgan fingerprint density at radius 1 is 0.574 bits per heavy atom. The minimum absolute atomic E-state index is 0.102. The first-order chi connectivity index (χ1) is 22.4. The van der Waals surface area contributed by atoms with Gasteiger partial charge in [0.1, 0.15) is 43.2 Å². The van der Waals surface area contributed by atoms with E-state index in [1.165, 1.54) is 57.8 Å². The van der Waals surface area contributed by atoms with E-state index in [1.54, 1.807) is 0 Å². The van der Waals surface area contributed by atoms with Gasteiger partial charge in [0.25, 0.3) is 0 Å². The van der Waals surface area contributed by atoms with Crippen molar-refractivity contribution in [3.63, 3.8) is 0 Å². The number of hydrogen-bond donors (Lipinski definition) is 6. The number of carbonyl (C=O) groups excluding carboxylic acids is 2. The predicted octanol–water partition coefficient (Wildman–Crippen LogP) is 4.60. The van der Waals surface area contributed by atoms with Crippen molar-refractivity contribution in [2.75, 3.05) is 13.2 Å². The maximum Gasteiger partial charge on any atom is 0.472 e. The molecule has 1 rings (SSSR count). The van der Waals surface area contributed by atoms with Crippen LogP contribution in [0, 0.1) is 0 Å². The van der Waals surface area contributed by atoms with Crippen LogP contribution in [0.4, 0.5) is 0 Å². The Morgan fingerprint density at radius 2 is 0.957 bits per heavy atom. The molecular formula is C33H63O13P. The highest BCUT2D eigenvalue weighted by molar-refractivity contribution is 7.47. The first-order valence-corrected chi connectivity index (χ1v) is 19.3. The van der Waals surface area contributed by atoms with E-state index in [4.69, 9.17) is 18.5 Å². The molecule has 278 valence electrons. The largest absolute Gasteiger partial charge is 0.472 e. The van der Waals surface area contributed by atoms with Gasteiger partial charge in [-0.3, -0.25) is 18.6 Å². The number of rotatable bonds is 28. The second-order valence-corrected chi connectivity index (χ2v) is 14.1. The molecule has 1 saturated carbocycles. The van der Waals surface area contributed by atoms with E-state index < -0.39 is 75.7 Å². The van der Waals surface area contributed by atoms with Gasteiger partial charge in [0.05, 0.1) is 6.61 Å². The molecule has 4 unspecified atom stereocenters. The molecule has 0 aromatic rings. The van der Waals surface area contributed by atoms with E-state index in [-0.39, 0.29) is 12.8 Å². The van der Waals surface area contributed by atoms with Crippen LogP contribution < -0.4 is 0 Å². The van der Waals surface area contributed by atoms with E-state index in [1.807, 2.05) is 0 Å². The summed E-state index contributed by atoms with van der Waals surface area (Å²) >= 11 is 0. The number of esters is 2. The Morgan fingerprint density at radius 3 is 1.40 bits per heavy atom. The number of ether oxygens (including phenoxy) is 2. The lowest BCUT2D eigenvalue weighted by Gasteiger charge is -2.41. The van der Waals surface area contributed by atoms with Gasteiger partial charge in [0, 0.05) is 12.8 Å². The number of phosphoric ester groups is 1. The number of aliphatic hydroxyl groups is 5. The molecule has 0 spiro atoms. The van der Waals surface area contributed by atoms with Crippen LogP contribution in [-0.2, 0) is 32.7 Å². The van der Waals surface area contributed by atoms with Crippen molar-refractivity contribution in [2.24, 2.45) is 0 Å². The molecule has 1 fully saturated rings. The van der Waals surface area contributed by atoms with Crippen molar-refractivity contribution in [3.8, 4) is 0 Å². The van der Waals surface area contributed by atoms with Gasteiger partial charge in [0.2, 0.25) is 0 Å². The first-order valence-electron chi connectivity index (χ1n) is 17.8. The number of unbranched alkanes of at least 4 members (excludes halogenated alkanes) is 16. The zero-order chi connectivity index (χ0) is 35.1. The summed E-state index contributed by atoms with van der Waals surface area (Å²) in [4.78, 5) is 35.2. The number of hydrogen-bond acceptors (Lipinski definition) is 12. The normalized spacial score (nSPS) is 24.9. The molecule has 0 radical (unpaired) electrons. The zero-order valence-electron chi connectivity index (χ0n) is 28.6. The average molecular weight is 699 g/mol. The van der Waals surface area contributed by atoms with Gasteiger partial charge in [-0.15, -0.1) is 0 Å². The van der Waals surface area contributed by atoms with Crippen LogP contribution in [0.2, 0.25) is 0 Å². The third-order valence-electron chi connectivity index (χ3n) is 8.45. The topological polar surface area (TPSA) is 210 Å². The molecular weight excluding hydrogens is 635 g/mol. The molecule has 0 amide bonds. The van der Waals surface area contributed by atoms with Gasteiger partial charge in [-0.05, 0) is 12.8 Å². The van der Waals surface area contributed by atoms with Crippen molar-refractivity contribution in [3.05, 3.63) is 0 Å². The Bertz CT molecular complexity index is 859. The highest BCUT2D eigenvalue weighted by atomic mass is 31.2. The van der Waals surface area contributed by atoms with Crippen LogP contribution in [0.1, 0.15) is 142 Å². The summed E-state index contributed by atoms with van der Waals surface area (Å²) in [5.74, 6) is -1.10. The Kier molecular flexibility index (Phi) is 24.1. The van der Waals surface area contributed by atoms with Crippen LogP contribution in [0.25, 0.3) is 0 Å². The van der Waals surface area contributed by atoms with Crippen LogP contribution in [0.5, 0.6) is 0 Å². The van der Waals surface area contributed by atoms with Crippen LogP contribution in [0.3, 0.4) is 0 Å². The van der Waals surface area contributed by atoms with E-state index >= 15 is 0 Å². The molecule has 1 aliphatic carbocycles. The van der Waals surface area contributed by atoms with Crippen molar-refractivity contribution in [1.82, 2.24) is 0 Å². The number of carbonyl (C=O) groups is 2. The third kappa shape index (κ3) is 19.6. The zero-order valence-corrected chi connectivity index (χ0v) is 29.5. The molecule has 0 heterocycles. The lowest BCUT2D eigenvalue weighted by molar-refractivity contribution is -0.220. The van der Waals surface area contributed by atoms with Crippen LogP contribution >= 0.6 is 7.82 Å². The molecule has 6 N–H and O–H groups in total. The summed E-state index contributed by atoms with van der Waals surface area (Å²) in [5.41, 5.74) is 0. The minimum Gasteiger partial charge on any atom is -0.462 e. The molecule has 8 atom stereocenters. The molecule has 0 bridgehead atoms. The Hall–Kier alpha value is -1.15. The van der Waals surface area contributed by atoms with Gasteiger partial charge in [-0.25, -0.2) is 4.57 Å². The van der Waals surface area contributed by atoms with Crippen molar-refractivity contribution in [1.29, 1.82) is 0 Å². The SMILES string of the molecule is CCCCCCCCCCCC(=O)OCC(COP(=O)(O)OC1[C@H](O)[C@H](O)C(O)[C@H](O)[C@H]1O)OC(=O)CCCCCCCCCCC. The Labute approximate surface area is 281 Å².